The van der Waals surface area contributed by atoms with Crippen LogP contribution in [0, 0.1) is 13.8 Å². The molecule has 0 aliphatic carbocycles. The van der Waals surface area contributed by atoms with Gasteiger partial charge in [-0.1, -0.05) is 35.9 Å². The van der Waals surface area contributed by atoms with Crippen LogP contribution in [0.5, 0.6) is 11.5 Å². The summed E-state index contributed by atoms with van der Waals surface area (Å²) in [6.45, 7) is 5.17. The van der Waals surface area contributed by atoms with Gasteiger partial charge in [0.25, 0.3) is 5.91 Å². The minimum Gasteiger partial charge on any atom is -0.493 e. The number of ether oxygens (including phenoxy) is 2. The lowest BCUT2D eigenvalue weighted by Gasteiger charge is -2.10. The van der Waals surface area contributed by atoms with Crippen LogP contribution in [-0.2, 0) is 0 Å². The molecule has 0 spiro atoms. The van der Waals surface area contributed by atoms with Gasteiger partial charge < -0.3 is 14.8 Å². The number of rotatable bonds is 8. The van der Waals surface area contributed by atoms with E-state index in [0.717, 1.165) is 29.2 Å². The average molecular weight is 375 g/mol. The number of carbonyl (C=O) groups excluding carboxylic acids is 1. The summed E-state index contributed by atoms with van der Waals surface area (Å²) in [5.74, 6) is 1.48. The summed E-state index contributed by atoms with van der Waals surface area (Å²) < 4.78 is 11.4. The highest BCUT2D eigenvalue weighted by atomic mass is 16.5. The second-order valence-corrected chi connectivity index (χ2v) is 6.66. The minimum atomic E-state index is -0.132. The lowest BCUT2D eigenvalue weighted by atomic mass is 10.1. The van der Waals surface area contributed by atoms with Crippen LogP contribution in [0.15, 0.2) is 72.8 Å². The summed E-state index contributed by atoms with van der Waals surface area (Å²) >= 11 is 0. The fourth-order valence-electron chi connectivity index (χ4n) is 2.68. The van der Waals surface area contributed by atoms with Gasteiger partial charge in [-0.05, 0) is 61.9 Å². The molecule has 0 unspecified atom stereocenters. The fraction of sp³-hybridized carbons (Fsp3) is 0.208. The van der Waals surface area contributed by atoms with Crippen LogP contribution < -0.4 is 14.8 Å². The lowest BCUT2D eigenvalue weighted by Crippen LogP contribution is -2.12. The first-order valence-corrected chi connectivity index (χ1v) is 9.41. The molecule has 0 heterocycles. The van der Waals surface area contributed by atoms with Crippen molar-refractivity contribution in [3.8, 4) is 11.5 Å². The molecule has 0 aliphatic heterocycles. The molecule has 3 aromatic carbocycles. The first kappa shape index (κ1) is 19.5. The van der Waals surface area contributed by atoms with Gasteiger partial charge in [-0.15, -0.1) is 0 Å². The van der Waals surface area contributed by atoms with Gasteiger partial charge in [0.2, 0.25) is 0 Å². The number of para-hydroxylation sites is 1. The Morgan fingerprint density at radius 1 is 0.786 bits per heavy atom. The standard InChI is InChI=1S/C24H25NO3/c1-18-8-12-21(13-9-18)27-16-5-17-28-22-14-10-20(11-15-22)24(26)25-23-7-4-3-6-19(23)2/h3-4,6-15H,5,16-17H2,1-2H3,(H,25,26). The Bertz CT molecular complexity index is 902. The third kappa shape index (κ3) is 5.61. The largest absolute Gasteiger partial charge is 0.493 e. The Morgan fingerprint density at radius 2 is 1.36 bits per heavy atom. The molecule has 144 valence electrons. The van der Waals surface area contributed by atoms with Crippen molar-refractivity contribution in [2.24, 2.45) is 0 Å². The Labute approximate surface area is 166 Å². The maximum atomic E-state index is 12.4. The second-order valence-electron chi connectivity index (χ2n) is 6.66. The van der Waals surface area contributed by atoms with E-state index < -0.39 is 0 Å². The molecule has 3 rings (SSSR count). The minimum absolute atomic E-state index is 0.132. The normalized spacial score (nSPS) is 10.4. The highest BCUT2D eigenvalue weighted by Gasteiger charge is 2.07. The van der Waals surface area contributed by atoms with E-state index in [-0.39, 0.29) is 5.91 Å². The number of anilines is 1. The Balaban J connectivity index is 1.42. The van der Waals surface area contributed by atoms with E-state index in [4.69, 9.17) is 9.47 Å². The summed E-state index contributed by atoms with van der Waals surface area (Å²) in [5.41, 5.74) is 3.66. The van der Waals surface area contributed by atoms with E-state index in [1.807, 2.05) is 67.6 Å². The Hall–Kier alpha value is -3.27. The molecule has 0 saturated carbocycles. The predicted octanol–water partition coefficient (Wildman–Crippen LogP) is 5.40. The molecule has 1 amide bonds. The fourth-order valence-corrected chi connectivity index (χ4v) is 2.68. The van der Waals surface area contributed by atoms with Crippen LogP contribution in [0.1, 0.15) is 27.9 Å². The molecule has 3 aromatic rings. The summed E-state index contributed by atoms with van der Waals surface area (Å²) in [6.07, 6.45) is 0.781. The van der Waals surface area contributed by atoms with Gasteiger partial charge in [-0.3, -0.25) is 4.79 Å². The highest BCUT2D eigenvalue weighted by Crippen LogP contribution is 2.17. The molecule has 1 N–H and O–H groups in total. The number of hydrogen-bond acceptors (Lipinski definition) is 3. The lowest BCUT2D eigenvalue weighted by molar-refractivity contribution is 0.102. The molecule has 4 nitrogen and oxygen atoms in total. The van der Waals surface area contributed by atoms with Crippen molar-refractivity contribution in [3.63, 3.8) is 0 Å². The van der Waals surface area contributed by atoms with Crippen molar-refractivity contribution in [1.82, 2.24) is 0 Å². The van der Waals surface area contributed by atoms with Crippen molar-refractivity contribution < 1.29 is 14.3 Å². The average Bonchev–Trinajstić information content (AvgIpc) is 2.71. The van der Waals surface area contributed by atoms with Crippen molar-refractivity contribution in [3.05, 3.63) is 89.5 Å². The van der Waals surface area contributed by atoms with Crippen LogP contribution in [0.4, 0.5) is 5.69 Å². The van der Waals surface area contributed by atoms with Gasteiger partial charge in [0.1, 0.15) is 11.5 Å². The van der Waals surface area contributed by atoms with Crippen molar-refractivity contribution in [2.75, 3.05) is 18.5 Å². The number of hydrogen-bond donors (Lipinski definition) is 1. The molecule has 28 heavy (non-hydrogen) atoms. The van der Waals surface area contributed by atoms with Crippen molar-refractivity contribution in [1.29, 1.82) is 0 Å². The topological polar surface area (TPSA) is 47.6 Å². The summed E-state index contributed by atoms with van der Waals surface area (Å²) in [4.78, 5) is 12.4. The van der Waals surface area contributed by atoms with Gasteiger partial charge in [0.15, 0.2) is 0 Å². The Morgan fingerprint density at radius 3 is 1.96 bits per heavy atom. The van der Waals surface area contributed by atoms with Gasteiger partial charge in [0.05, 0.1) is 13.2 Å². The maximum absolute atomic E-state index is 12.4. The summed E-state index contributed by atoms with van der Waals surface area (Å²) in [5, 5.41) is 2.93. The molecule has 0 fully saturated rings. The zero-order valence-corrected chi connectivity index (χ0v) is 16.3. The second kappa shape index (κ2) is 9.60. The number of benzene rings is 3. The van der Waals surface area contributed by atoms with E-state index in [2.05, 4.69) is 12.2 Å². The molecular formula is C24H25NO3. The SMILES string of the molecule is Cc1ccc(OCCCOc2ccc(C(=O)Nc3ccccc3C)cc2)cc1. The maximum Gasteiger partial charge on any atom is 0.255 e. The smallest absolute Gasteiger partial charge is 0.255 e. The monoisotopic (exact) mass is 375 g/mol. The van der Waals surface area contributed by atoms with Crippen LogP contribution in [-0.4, -0.2) is 19.1 Å². The zero-order valence-electron chi connectivity index (χ0n) is 16.3. The number of aryl methyl sites for hydroxylation is 2. The molecule has 0 saturated heterocycles. The van der Waals surface area contributed by atoms with Gasteiger partial charge in [-0.25, -0.2) is 0 Å². The molecule has 0 aromatic heterocycles. The summed E-state index contributed by atoms with van der Waals surface area (Å²) in [6, 6.07) is 22.9. The van der Waals surface area contributed by atoms with Crippen LogP contribution >= 0.6 is 0 Å². The van der Waals surface area contributed by atoms with Crippen molar-refractivity contribution >= 4 is 11.6 Å². The molecular weight excluding hydrogens is 350 g/mol. The number of carbonyl (C=O) groups is 1. The van der Waals surface area contributed by atoms with Gasteiger partial charge in [0, 0.05) is 17.7 Å². The predicted molar refractivity (Wildman–Crippen MR) is 112 cm³/mol. The van der Waals surface area contributed by atoms with Crippen LogP contribution in [0.3, 0.4) is 0 Å². The molecule has 0 radical (unpaired) electrons. The summed E-state index contributed by atoms with van der Waals surface area (Å²) in [7, 11) is 0. The molecule has 4 heteroatoms. The van der Waals surface area contributed by atoms with E-state index in [1.165, 1.54) is 5.56 Å². The van der Waals surface area contributed by atoms with Gasteiger partial charge >= 0.3 is 0 Å². The third-order valence-electron chi connectivity index (χ3n) is 4.36. The molecule has 0 aliphatic rings. The van der Waals surface area contributed by atoms with Crippen LogP contribution in [0.2, 0.25) is 0 Å². The van der Waals surface area contributed by atoms with E-state index in [9.17, 15) is 4.79 Å². The van der Waals surface area contributed by atoms with Gasteiger partial charge in [-0.2, -0.15) is 0 Å². The first-order valence-electron chi connectivity index (χ1n) is 9.41. The highest BCUT2D eigenvalue weighted by molar-refractivity contribution is 6.04. The first-order chi connectivity index (χ1) is 13.6. The van der Waals surface area contributed by atoms with Crippen molar-refractivity contribution in [2.45, 2.75) is 20.3 Å². The third-order valence-corrected chi connectivity index (χ3v) is 4.36. The van der Waals surface area contributed by atoms with E-state index in [1.54, 1.807) is 12.1 Å². The molecule has 0 atom stereocenters. The zero-order chi connectivity index (χ0) is 19.8. The molecule has 0 bridgehead atoms. The van der Waals surface area contributed by atoms with E-state index >= 15 is 0 Å². The quantitative estimate of drug-likeness (QED) is 0.536. The van der Waals surface area contributed by atoms with Crippen LogP contribution in [0.25, 0.3) is 0 Å². The Kier molecular flexibility index (Phi) is 6.68. The number of nitrogens with one attached hydrogen (secondary N) is 1. The van der Waals surface area contributed by atoms with E-state index in [0.29, 0.717) is 18.8 Å². The number of amides is 1.